The number of fused-ring (bicyclic) bond motifs is 2. The first-order valence-electron chi connectivity index (χ1n) is 11.9. The van der Waals surface area contributed by atoms with Gasteiger partial charge in [-0.05, 0) is 72.6 Å². The van der Waals surface area contributed by atoms with Crippen molar-refractivity contribution >= 4 is 11.6 Å². The number of methoxy groups -OCH3 is 1. The number of carbonyl (C=O) groups is 1. The topological polar surface area (TPSA) is 90.5 Å². The Bertz CT molecular complexity index is 1280. The van der Waals surface area contributed by atoms with Gasteiger partial charge in [0.2, 0.25) is 0 Å². The Morgan fingerprint density at radius 2 is 1.77 bits per heavy atom. The van der Waals surface area contributed by atoms with Gasteiger partial charge in [0.05, 0.1) is 23.4 Å². The summed E-state index contributed by atoms with van der Waals surface area (Å²) in [7, 11) is 1.61. The summed E-state index contributed by atoms with van der Waals surface area (Å²) in [6.45, 7) is 7.58. The van der Waals surface area contributed by atoms with Gasteiger partial charge >= 0.3 is 0 Å². The molecule has 35 heavy (non-hydrogen) atoms. The molecular formula is C27H30N4O4. The normalized spacial score (nSPS) is 22.7. The van der Waals surface area contributed by atoms with Gasteiger partial charge in [0.15, 0.2) is 0 Å². The van der Waals surface area contributed by atoms with E-state index in [9.17, 15) is 14.9 Å². The number of hydrogen-bond donors (Lipinski definition) is 0. The van der Waals surface area contributed by atoms with Crippen LogP contribution in [-0.4, -0.2) is 45.2 Å². The molecule has 1 aliphatic carbocycles. The molecule has 2 aromatic carbocycles. The molecule has 0 N–H and O–H groups in total. The van der Waals surface area contributed by atoms with Crippen LogP contribution >= 0.6 is 0 Å². The number of rotatable bonds is 5. The summed E-state index contributed by atoms with van der Waals surface area (Å²) in [6.07, 6.45) is 3.09. The monoisotopic (exact) mass is 474 g/mol. The Kier molecular flexibility index (Phi) is 5.42. The molecule has 2 heterocycles. The van der Waals surface area contributed by atoms with Gasteiger partial charge in [0, 0.05) is 30.3 Å². The highest BCUT2D eigenvalue weighted by molar-refractivity contribution is 5.95. The lowest BCUT2D eigenvalue weighted by Gasteiger charge is -2.39. The van der Waals surface area contributed by atoms with Crippen LogP contribution in [0.15, 0.2) is 54.6 Å². The minimum atomic E-state index is -0.436. The Morgan fingerprint density at radius 1 is 1.09 bits per heavy atom. The summed E-state index contributed by atoms with van der Waals surface area (Å²) in [5.41, 5.74) is 2.87. The van der Waals surface area contributed by atoms with Crippen molar-refractivity contribution in [1.82, 2.24) is 14.7 Å². The smallest absolute Gasteiger partial charge is 0.272 e. The highest BCUT2D eigenvalue weighted by Gasteiger charge is 2.51. The van der Waals surface area contributed by atoms with Crippen LogP contribution in [0.2, 0.25) is 0 Å². The molecule has 2 atom stereocenters. The van der Waals surface area contributed by atoms with E-state index in [1.165, 1.54) is 12.1 Å². The third-order valence-corrected chi connectivity index (χ3v) is 7.30. The number of nitro benzene ring substituents is 1. The molecule has 1 amide bonds. The molecule has 0 radical (unpaired) electrons. The van der Waals surface area contributed by atoms with E-state index in [2.05, 4.69) is 20.8 Å². The zero-order chi connectivity index (χ0) is 25.0. The Morgan fingerprint density at radius 3 is 2.40 bits per heavy atom. The fraction of sp³-hybridized carbons (Fsp3) is 0.407. The molecular weight excluding hydrogens is 444 g/mol. The van der Waals surface area contributed by atoms with Crippen LogP contribution in [0.4, 0.5) is 5.69 Å². The molecule has 1 saturated carbocycles. The SMILES string of the molecule is COc1ccc(-c2cc(C(=O)N3CC4(C)CC3CC(C)(C)C4)n(-c3ccc([N+](=O)[O-])cc3)n2)cc1. The fourth-order valence-electron chi connectivity index (χ4n) is 6.19. The molecule has 5 rings (SSSR count). The summed E-state index contributed by atoms with van der Waals surface area (Å²) >= 11 is 0. The average molecular weight is 475 g/mol. The highest BCUT2D eigenvalue weighted by atomic mass is 16.6. The molecule has 0 spiro atoms. The summed E-state index contributed by atoms with van der Waals surface area (Å²) in [6, 6.07) is 15.7. The van der Waals surface area contributed by atoms with Gasteiger partial charge in [0.1, 0.15) is 11.4 Å². The maximum atomic E-state index is 14.0. The van der Waals surface area contributed by atoms with E-state index >= 15 is 0 Å². The van der Waals surface area contributed by atoms with E-state index in [-0.39, 0.29) is 28.5 Å². The zero-order valence-corrected chi connectivity index (χ0v) is 20.5. The van der Waals surface area contributed by atoms with Crippen LogP contribution in [0, 0.1) is 20.9 Å². The number of amides is 1. The molecule has 1 saturated heterocycles. The number of ether oxygens (including phenoxy) is 1. The lowest BCUT2D eigenvalue weighted by molar-refractivity contribution is -0.384. The maximum absolute atomic E-state index is 14.0. The maximum Gasteiger partial charge on any atom is 0.272 e. The van der Waals surface area contributed by atoms with E-state index < -0.39 is 4.92 Å². The van der Waals surface area contributed by atoms with Crippen molar-refractivity contribution in [3.63, 3.8) is 0 Å². The van der Waals surface area contributed by atoms with Crippen molar-refractivity contribution in [2.24, 2.45) is 10.8 Å². The second-order valence-corrected chi connectivity index (χ2v) is 11.0. The number of hydrogen-bond acceptors (Lipinski definition) is 5. The lowest BCUT2D eigenvalue weighted by atomic mass is 9.65. The molecule has 1 aliphatic heterocycles. The first-order valence-corrected chi connectivity index (χ1v) is 11.9. The molecule has 2 aliphatic rings. The number of nitrogens with zero attached hydrogens (tertiary/aromatic N) is 4. The molecule has 8 heteroatoms. The average Bonchev–Trinajstić information content (AvgIpc) is 3.36. The molecule has 2 unspecified atom stereocenters. The summed E-state index contributed by atoms with van der Waals surface area (Å²) in [5, 5.41) is 15.9. The Labute approximate surface area is 204 Å². The molecule has 8 nitrogen and oxygen atoms in total. The second-order valence-electron chi connectivity index (χ2n) is 11.0. The van der Waals surface area contributed by atoms with Crippen LogP contribution in [0.1, 0.15) is 50.5 Å². The molecule has 2 fully saturated rings. The van der Waals surface area contributed by atoms with Crippen molar-refractivity contribution in [3.8, 4) is 22.7 Å². The van der Waals surface area contributed by atoms with Gasteiger partial charge < -0.3 is 9.64 Å². The van der Waals surface area contributed by atoms with Crippen LogP contribution in [-0.2, 0) is 0 Å². The van der Waals surface area contributed by atoms with Crippen molar-refractivity contribution in [2.75, 3.05) is 13.7 Å². The zero-order valence-electron chi connectivity index (χ0n) is 20.5. The standard InChI is InChI=1S/C27H30N4O4/c1-26(2)14-21-15-27(3,16-26)17-29(21)25(32)24-13-23(18-5-11-22(35-4)12-6-18)28-30(24)19-7-9-20(10-8-19)31(33)34/h5-13,21H,14-17H2,1-4H3. The Hall–Kier alpha value is -3.68. The second kappa shape index (κ2) is 8.22. The van der Waals surface area contributed by atoms with Gasteiger partial charge in [-0.1, -0.05) is 20.8 Å². The van der Waals surface area contributed by atoms with Crippen molar-refractivity contribution < 1.29 is 14.5 Å². The van der Waals surface area contributed by atoms with Gasteiger partial charge in [-0.25, -0.2) is 4.68 Å². The summed E-state index contributed by atoms with van der Waals surface area (Å²) in [4.78, 5) is 26.7. The predicted octanol–water partition coefficient (Wildman–Crippen LogP) is 5.50. The highest BCUT2D eigenvalue weighted by Crippen LogP contribution is 2.52. The van der Waals surface area contributed by atoms with Crippen LogP contribution in [0.3, 0.4) is 0 Å². The van der Waals surface area contributed by atoms with Crippen molar-refractivity contribution in [1.29, 1.82) is 0 Å². The molecule has 182 valence electrons. The summed E-state index contributed by atoms with van der Waals surface area (Å²) < 4.78 is 6.88. The third-order valence-electron chi connectivity index (χ3n) is 7.30. The van der Waals surface area contributed by atoms with Crippen LogP contribution < -0.4 is 4.74 Å². The number of benzene rings is 2. The van der Waals surface area contributed by atoms with Crippen LogP contribution in [0.5, 0.6) is 5.75 Å². The number of non-ortho nitro benzene ring substituents is 1. The van der Waals surface area contributed by atoms with Gasteiger partial charge in [-0.15, -0.1) is 0 Å². The van der Waals surface area contributed by atoms with E-state index in [0.29, 0.717) is 17.1 Å². The number of nitro groups is 1. The lowest BCUT2D eigenvalue weighted by Crippen LogP contribution is -2.38. The first kappa shape index (κ1) is 23.1. The third kappa shape index (κ3) is 4.29. The number of carbonyl (C=O) groups excluding carboxylic acids is 1. The fourth-order valence-corrected chi connectivity index (χ4v) is 6.19. The quantitative estimate of drug-likeness (QED) is 0.360. The molecule has 2 bridgehead atoms. The first-order chi connectivity index (χ1) is 16.6. The molecule has 1 aromatic heterocycles. The minimum absolute atomic E-state index is 0.00680. The van der Waals surface area contributed by atoms with Crippen molar-refractivity contribution in [2.45, 2.75) is 46.1 Å². The minimum Gasteiger partial charge on any atom is -0.497 e. The predicted molar refractivity (Wildman–Crippen MR) is 133 cm³/mol. The number of likely N-dealkylation sites (tertiary alicyclic amines) is 1. The summed E-state index contributed by atoms with van der Waals surface area (Å²) in [5.74, 6) is 0.682. The van der Waals surface area contributed by atoms with E-state index in [1.54, 1.807) is 23.9 Å². The van der Waals surface area contributed by atoms with E-state index in [4.69, 9.17) is 9.84 Å². The molecule has 3 aromatic rings. The van der Waals surface area contributed by atoms with Gasteiger partial charge in [0.25, 0.3) is 11.6 Å². The number of aromatic nitrogens is 2. The van der Waals surface area contributed by atoms with Gasteiger partial charge in [-0.2, -0.15) is 5.10 Å². The van der Waals surface area contributed by atoms with Gasteiger partial charge in [-0.3, -0.25) is 14.9 Å². The van der Waals surface area contributed by atoms with E-state index in [0.717, 1.165) is 37.1 Å². The largest absolute Gasteiger partial charge is 0.497 e. The van der Waals surface area contributed by atoms with Crippen molar-refractivity contribution in [3.05, 3.63) is 70.4 Å². The van der Waals surface area contributed by atoms with Crippen LogP contribution in [0.25, 0.3) is 16.9 Å². The van der Waals surface area contributed by atoms with E-state index in [1.807, 2.05) is 35.2 Å². The Balaban J connectivity index is 1.56.